The molecule has 0 fully saturated rings. The number of hydrogen-bond donors (Lipinski definition) is 1. The van der Waals surface area contributed by atoms with Gasteiger partial charge in [-0.25, -0.2) is 0 Å². The Morgan fingerprint density at radius 1 is 1.00 bits per heavy atom. The van der Waals surface area contributed by atoms with Gasteiger partial charge < -0.3 is 9.47 Å². The van der Waals surface area contributed by atoms with Gasteiger partial charge in [-0.05, 0) is 0 Å². The number of quaternary nitrogens is 1. The van der Waals surface area contributed by atoms with Crippen LogP contribution >= 0.6 is 58.0 Å². The van der Waals surface area contributed by atoms with Crippen LogP contribution in [0.4, 0.5) is 0 Å². The standard InChI is InChI=1S/C8H4Cl5NO2/c9-3-1-5-6(2-4(3)10)16-8(14,15-5)7(11,12)13/h1-2H,14H2/p+1. The highest BCUT2D eigenvalue weighted by molar-refractivity contribution is 6.68. The lowest BCUT2D eigenvalue weighted by Crippen LogP contribution is -2.83. The van der Waals surface area contributed by atoms with Gasteiger partial charge in [0.25, 0.3) is 0 Å². The van der Waals surface area contributed by atoms with Gasteiger partial charge in [-0.3, -0.25) is 5.73 Å². The third-order valence-electron chi connectivity index (χ3n) is 1.97. The molecule has 0 saturated carbocycles. The first-order chi connectivity index (χ1) is 7.23. The van der Waals surface area contributed by atoms with Crippen molar-refractivity contribution in [1.82, 2.24) is 0 Å². The molecule has 0 radical (unpaired) electrons. The van der Waals surface area contributed by atoms with Gasteiger partial charge in [0, 0.05) is 12.1 Å². The van der Waals surface area contributed by atoms with Crippen LogP contribution in [0, 0.1) is 0 Å². The number of ether oxygens (including phenoxy) is 2. The van der Waals surface area contributed by atoms with E-state index in [0.717, 1.165) is 0 Å². The number of halogens is 5. The zero-order valence-corrected chi connectivity index (χ0v) is 11.3. The van der Waals surface area contributed by atoms with Crippen LogP contribution in [0.25, 0.3) is 0 Å². The third-order valence-corrected chi connectivity index (χ3v) is 3.55. The fourth-order valence-corrected chi connectivity index (χ4v) is 1.70. The number of fused-ring (bicyclic) bond motifs is 1. The Morgan fingerprint density at radius 2 is 1.38 bits per heavy atom. The van der Waals surface area contributed by atoms with E-state index < -0.39 is 9.70 Å². The average Bonchev–Trinajstić information content (AvgIpc) is 2.42. The van der Waals surface area contributed by atoms with Crippen LogP contribution < -0.4 is 15.2 Å². The summed E-state index contributed by atoms with van der Waals surface area (Å²) in [6.07, 6.45) is 0. The van der Waals surface area contributed by atoms with Crippen LogP contribution in [0.5, 0.6) is 11.5 Å². The minimum Gasteiger partial charge on any atom is -0.400 e. The zero-order valence-electron chi connectivity index (χ0n) is 7.57. The summed E-state index contributed by atoms with van der Waals surface area (Å²) >= 11 is 28.7. The van der Waals surface area contributed by atoms with E-state index in [4.69, 9.17) is 67.5 Å². The molecule has 0 unspecified atom stereocenters. The van der Waals surface area contributed by atoms with Gasteiger partial charge in [-0.15, -0.1) is 0 Å². The number of rotatable bonds is 0. The molecular weight excluding hydrogens is 319 g/mol. The number of hydrogen-bond acceptors (Lipinski definition) is 2. The lowest BCUT2D eigenvalue weighted by molar-refractivity contribution is -0.587. The monoisotopic (exact) mass is 322 g/mol. The lowest BCUT2D eigenvalue weighted by atomic mass is 10.3. The van der Waals surface area contributed by atoms with Gasteiger partial charge in [0.05, 0.1) is 10.0 Å². The van der Waals surface area contributed by atoms with Crippen molar-refractivity contribution in [1.29, 1.82) is 0 Å². The van der Waals surface area contributed by atoms with Crippen molar-refractivity contribution in [2.24, 2.45) is 0 Å². The second kappa shape index (κ2) is 3.87. The lowest BCUT2D eigenvalue weighted by Gasteiger charge is -2.24. The fourth-order valence-electron chi connectivity index (χ4n) is 1.16. The molecule has 1 aliphatic rings. The highest BCUT2D eigenvalue weighted by atomic mass is 35.6. The highest BCUT2D eigenvalue weighted by Gasteiger charge is 2.59. The topological polar surface area (TPSA) is 46.1 Å². The molecule has 16 heavy (non-hydrogen) atoms. The third kappa shape index (κ3) is 2.01. The maximum atomic E-state index is 5.81. The number of benzene rings is 1. The van der Waals surface area contributed by atoms with Crippen LogP contribution in [-0.2, 0) is 0 Å². The fraction of sp³-hybridized carbons (Fsp3) is 0.250. The smallest absolute Gasteiger partial charge is 0.400 e. The Bertz CT molecular complexity index is 414. The van der Waals surface area contributed by atoms with E-state index in [1.54, 1.807) is 0 Å². The molecule has 1 heterocycles. The largest absolute Gasteiger partial charge is 0.449 e. The van der Waals surface area contributed by atoms with Crippen LogP contribution in [-0.4, -0.2) is 9.70 Å². The Labute approximate surface area is 116 Å². The van der Waals surface area contributed by atoms with E-state index in [0.29, 0.717) is 21.5 Å². The van der Waals surface area contributed by atoms with Gasteiger partial charge in [0.1, 0.15) is 0 Å². The van der Waals surface area contributed by atoms with Crippen molar-refractivity contribution in [2.45, 2.75) is 9.70 Å². The summed E-state index contributed by atoms with van der Waals surface area (Å²) in [5, 5.41) is 0.634. The second-order valence-corrected chi connectivity index (χ2v) is 6.26. The zero-order chi connectivity index (χ0) is 12.1. The summed E-state index contributed by atoms with van der Waals surface area (Å²) in [5.41, 5.74) is 3.59. The molecule has 8 heteroatoms. The Morgan fingerprint density at radius 3 is 1.69 bits per heavy atom. The Kier molecular flexibility index (Phi) is 3.07. The molecule has 0 amide bonds. The first-order valence-corrected chi connectivity index (χ1v) is 5.91. The highest BCUT2D eigenvalue weighted by Crippen LogP contribution is 2.48. The van der Waals surface area contributed by atoms with E-state index in [2.05, 4.69) is 5.73 Å². The van der Waals surface area contributed by atoms with Gasteiger partial charge in [-0.2, -0.15) is 0 Å². The van der Waals surface area contributed by atoms with Crippen molar-refractivity contribution in [3.8, 4) is 11.5 Å². The van der Waals surface area contributed by atoms with E-state index >= 15 is 0 Å². The molecule has 2 rings (SSSR count). The molecule has 0 aromatic heterocycles. The molecule has 1 aliphatic heterocycles. The van der Waals surface area contributed by atoms with Gasteiger partial charge in [0.2, 0.25) is 0 Å². The van der Waals surface area contributed by atoms with E-state index in [9.17, 15) is 0 Å². The van der Waals surface area contributed by atoms with Crippen molar-refractivity contribution in [2.75, 3.05) is 0 Å². The van der Waals surface area contributed by atoms with Gasteiger partial charge in [0.15, 0.2) is 11.5 Å². The van der Waals surface area contributed by atoms with Gasteiger partial charge >= 0.3 is 9.70 Å². The van der Waals surface area contributed by atoms with Crippen molar-refractivity contribution >= 4 is 58.0 Å². The summed E-state index contributed by atoms with van der Waals surface area (Å²) < 4.78 is 8.80. The van der Waals surface area contributed by atoms with Crippen molar-refractivity contribution < 1.29 is 15.2 Å². The molecule has 0 aliphatic carbocycles. The summed E-state index contributed by atoms with van der Waals surface area (Å²) in [5.74, 6) is -0.986. The quantitative estimate of drug-likeness (QED) is 0.746. The SMILES string of the molecule is [NH3+]C1(C(Cl)(Cl)Cl)Oc2cc(Cl)c(Cl)cc2O1. The van der Waals surface area contributed by atoms with E-state index in [1.165, 1.54) is 12.1 Å². The summed E-state index contributed by atoms with van der Waals surface area (Å²) in [6.45, 7) is 0. The van der Waals surface area contributed by atoms with E-state index in [1.807, 2.05) is 0 Å². The molecule has 88 valence electrons. The van der Waals surface area contributed by atoms with E-state index in [-0.39, 0.29) is 0 Å². The summed E-state index contributed by atoms with van der Waals surface area (Å²) in [6, 6.07) is 2.95. The molecule has 0 spiro atoms. The minimum absolute atomic E-state index is 0.317. The number of alkyl halides is 3. The minimum atomic E-state index is -1.84. The Balaban J connectivity index is 2.42. The Hall–Kier alpha value is 0.230. The normalized spacial score (nSPS) is 17.6. The predicted octanol–water partition coefficient (Wildman–Crippen LogP) is 3.03. The van der Waals surface area contributed by atoms with Crippen LogP contribution in [0.15, 0.2) is 12.1 Å². The molecule has 3 nitrogen and oxygen atoms in total. The maximum Gasteiger partial charge on any atom is 0.449 e. The summed E-state index contributed by atoms with van der Waals surface area (Å²) in [7, 11) is 0. The molecule has 0 saturated heterocycles. The molecule has 1 aromatic rings. The van der Waals surface area contributed by atoms with Crippen molar-refractivity contribution in [3.05, 3.63) is 22.2 Å². The van der Waals surface area contributed by atoms with Crippen LogP contribution in [0.1, 0.15) is 0 Å². The second-order valence-electron chi connectivity index (χ2n) is 3.17. The molecule has 1 aromatic carbocycles. The predicted molar refractivity (Wildman–Crippen MR) is 63.6 cm³/mol. The van der Waals surface area contributed by atoms with Crippen molar-refractivity contribution in [3.63, 3.8) is 0 Å². The van der Waals surface area contributed by atoms with Gasteiger partial charge in [-0.1, -0.05) is 58.0 Å². The molecule has 0 atom stereocenters. The molecule has 3 N–H and O–H groups in total. The molecule has 0 bridgehead atoms. The van der Waals surface area contributed by atoms with Crippen LogP contribution in [0.3, 0.4) is 0 Å². The average molecular weight is 324 g/mol. The molecular formula is C8H5Cl5NO2+. The maximum absolute atomic E-state index is 5.81. The van der Waals surface area contributed by atoms with Crippen LogP contribution in [0.2, 0.25) is 10.0 Å². The first kappa shape index (κ1) is 12.7. The summed E-state index contributed by atoms with van der Waals surface area (Å²) in [4.78, 5) is 0. The first-order valence-electron chi connectivity index (χ1n) is 4.02.